The van der Waals surface area contributed by atoms with Gasteiger partial charge in [-0.25, -0.2) is 0 Å². The van der Waals surface area contributed by atoms with Gasteiger partial charge < -0.3 is 0 Å². The molecule has 0 radical (unpaired) electrons. The highest BCUT2D eigenvalue weighted by Crippen LogP contribution is 2.25. The Morgan fingerprint density at radius 3 is 2.70 bits per heavy atom. The summed E-state index contributed by atoms with van der Waals surface area (Å²) in [7, 11) is 0. The molecule has 0 saturated heterocycles. The van der Waals surface area contributed by atoms with E-state index in [9.17, 15) is 14.9 Å². The van der Waals surface area contributed by atoms with Crippen LogP contribution in [0, 0.1) is 17.0 Å². The number of nitro groups is 1. The van der Waals surface area contributed by atoms with Gasteiger partial charge in [-0.2, -0.15) is 0 Å². The lowest BCUT2D eigenvalue weighted by Crippen LogP contribution is -1.91. The monoisotopic (exact) mass is 307 g/mol. The van der Waals surface area contributed by atoms with E-state index in [4.69, 9.17) is 11.6 Å². The molecule has 0 unspecified atom stereocenters. The first-order valence-electron chi connectivity index (χ1n) is 5.70. The van der Waals surface area contributed by atoms with Crippen molar-refractivity contribution >= 4 is 40.5 Å². The van der Waals surface area contributed by atoms with Gasteiger partial charge >= 0.3 is 0 Å². The van der Waals surface area contributed by atoms with Crippen molar-refractivity contribution in [3.8, 4) is 0 Å². The number of aryl methyl sites for hydroxylation is 1. The maximum absolute atomic E-state index is 11.9. The van der Waals surface area contributed by atoms with Crippen LogP contribution in [0.2, 0.25) is 5.02 Å². The summed E-state index contributed by atoms with van der Waals surface area (Å²) in [5, 5.41) is 10.8. The van der Waals surface area contributed by atoms with Crippen molar-refractivity contribution in [3.63, 3.8) is 0 Å². The van der Waals surface area contributed by atoms with Gasteiger partial charge in [0.25, 0.3) is 5.69 Å². The maximum Gasteiger partial charge on any atom is 0.288 e. The smallest absolute Gasteiger partial charge is 0.288 e. The van der Waals surface area contributed by atoms with Gasteiger partial charge in [0, 0.05) is 10.9 Å². The molecule has 102 valence electrons. The molecule has 2 aromatic rings. The van der Waals surface area contributed by atoms with E-state index < -0.39 is 4.92 Å². The molecule has 0 bridgehead atoms. The van der Waals surface area contributed by atoms with E-state index >= 15 is 0 Å². The molecule has 6 heteroatoms. The van der Waals surface area contributed by atoms with Crippen LogP contribution in [-0.2, 0) is 0 Å². The Kier molecular flexibility index (Phi) is 4.32. The first-order valence-corrected chi connectivity index (χ1v) is 6.89. The molecule has 0 aliphatic heterocycles. The Hall–Kier alpha value is -1.98. The summed E-state index contributed by atoms with van der Waals surface area (Å²) < 4.78 is 0. The van der Waals surface area contributed by atoms with Crippen molar-refractivity contribution < 1.29 is 9.72 Å². The second-order valence-electron chi connectivity index (χ2n) is 4.08. The van der Waals surface area contributed by atoms with Crippen LogP contribution in [-0.4, -0.2) is 10.7 Å². The molecule has 1 heterocycles. The van der Waals surface area contributed by atoms with Crippen LogP contribution in [0.1, 0.15) is 20.1 Å². The number of carbonyl (C=O) groups is 1. The summed E-state index contributed by atoms with van der Waals surface area (Å²) in [5.74, 6) is -0.124. The van der Waals surface area contributed by atoms with E-state index in [1.165, 1.54) is 29.5 Å². The molecule has 0 amide bonds. The summed E-state index contributed by atoms with van der Waals surface area (Å²) in [4.78, 5) is 23.8. The SMILES string of the molecule is Cc1ccc(C(=O)/C=C/c2ccc(Cl)c([N+](=O)[O-])c2)s1. The molecule has 0 fully saturated rings. The highest BCUT2D eigenvalue weighted by Gasteiger charge is 2.12. The van der Waals surface area contributed by atoms with Crippen molar-refractivity contribution in [2.45, 2.75) is 6.92 Å². The molecule has 0 saturated carbocycles. The number of ketones is 1. The number of benzene rings is 1. The Bertz CT molecular complexity index is 706. The van der Waals surface area contributed by atoms with Crippen molar-refractivity contribution in [3.05, 3.63) is 66.9 Å². The first kappa shape index (κ1) is 14.4. The Morgan fingerprint density at radius 1 is 1.35 bits per heavy atom. The van der Waals surface area contributed by atoms with Gasteiger partial charge in [-0.3, -0.25) is 14.9 Å². The summed E-state index contributed by atoms with van der Waals surface area (Å²) in [6.45, 7) is 1.92. The number of hydrogen-bond donors (Lipinski definition) is 0. The van der Waals surface area contributed by atoms with Crippen molar-refractivity contribution in [1.29, 1.82) is 0 Å². The second kappa shape index (κ2) is 5.98. The van der Waals surface area contributed by atoms with Crippen molar-refractivity contribution in [2.75, 3.05) is 0 Å². The third-order valence-electron chi connectivity index (χ3n) is 2.58. The van der Waals surface area contributed by atoms with E-state index in [1.807, 2.05) is 13.0 Å². The summed E-state index contributed by atoms with van der Waals surface area (Å²) in [6, 6.07) is 8.04. The summed E-state index contributed by atoms with van der Waals surface area (Å²) in [5.41, 5.74) is 0.385. The molecule has 0 N–H and O–H groups in total. The molecular weight excluding hydrogens is 298 g/mol. The second-order valence-corrected chi connectivity index (χ2v) is 5.77. The molecule has 2 rings (SSSR count). The van der Waals surface area contributed by atoms with Gasteiger partial charge in [-0.15, -0.1) is 11.3 Å². The Labute approximate surface area is 124 Å². The van der Waals surface area contributed by atoms with E-state index in [0.717, 1.165) is 4.88 Å². The lowest BCUT2D eigenvalue weighted by Gasteiger charge is -1.97. The normalized spacial score (nSPS) is 10.9. The van der Waals surface area contributed by atoms with Gasteiger partial charge in [-0.1, -0.05) is 23.7 Å². The fourth-order valence-electron chi connectivity index (χ4n) is 1.59. The lowest BCUT2D eigenvalue weighted by atomic mass is 10.1. The largest absolute Gasteiger partial charge is 0.288 e. The average molecular weight is 308 g/mol. The van der Waals surface area contributed by atoms with Gasteiger partial charge in [0.05, 0.1) is 9.80 Å². The molecular formula is C14H10ClNO3S. The van der Waals surface area contributed by atoms with Gasteiger partial charge in [0.1, 0.15) is 5.02 Å². The average Bonchev–Trinajstić information content (AvgIpc) is 2.84. The zero-order chi connectivity index (χ0) is 14.7. The first-order chi connectivity index (χ1) is 9.47. The molecule has 1 aromatic heterocycles. The Morgan fingerprint density at radius 2 is 2.10 bits per heavy atom. The number of halogens is 1. The molecule has 4 nitrogen and oxygen atoms in total. The number of hydrogen-bond acceptors (Lipinski definition) is 4. The molecule has 1 aromatic carbocycles. The number of rotatable bonds is 4. The summed E-state index contributed by atoms with van der Waals surface area (Å²) in [6.07, 6.45) is 2.94. The fourth-order valence-corrected chi connectivity index (χ4v) is 2.57. The minimum Gasteiger partial charge on any atom is -0.288 e. The standard InChI is InChI=1S/C14H10ClNO3S/c1-9-2-7-14(20-9)13(17)6-4-10-3-5-11(15)12(8-10)16(18)19/h2-8H,1H3/b6-4+. The van der Waals surface area contributed by atoms with E-state index in [-0.39, 0.29) is 16.5 Å². The lowest BCUT2D eigenvalue weighted by molar-refractivity contribution is -0.384. The quantitative estimate of drug-likeness (QED) is 0.361. The van der Waals surface area contributed by atoms with E-state index in [0.29, 0.717) is 10.4 Å². The molecule has 0 aliphatic carbocycles. The van der Waals surface area contributed by atoms with Crippen LogP contribution in [0.25, 0.3) is 6.08 Å². The molecule has 0 atom stereocenters. The third-order valence-corrected chi connectivity index (χ3v) is 3.91. The number of thiophene rings is 1. The third kappa shape index (κ3) is 3.31. The highest BCUT2D eigenvalue weighted by molar-refractivity contribution is 7.14. The number of nitrogens with zero attached hydrogens (tertiary/aromatic N) is 1. The molecule has 0 spiro atoms. The number of carbonyl (C=O) groups excluding carboxylic acids is 1. The van der Waals surface area contributed by atoms with Crippen LogP contribution in [0.3, 0.4) is 0 Å². The predicted molar refractivity (Wildman–Crippen MR) is 80.5 cm³/mol. The highest BCUT2D eigenvalue weighted by atomic mass is 35.5. The van der Waals surface area contributed by atoms with Crippen LogP contribution in [0.15, 0.2) is 36.4 Å². The number of allylic oxidation sites excluding steroid dienone is 1. The zero-order valence-electron chi connectivity index (χ0n) is 10.5. The minimum atomic E-state index is -0.551. The van der Waals surface area contributed by atoms with Crippen LogP contribution >= 0.6 is 22.9 Å². The molecule has 20 heavy (non-hydrogen) atoms. The van der Waals surface area contributed by atoms with E-state index in [1.54, 1.807) is 18.2 Å². The van der Waals surface area contributed by atoms with Gasteiger partial charge in [0.2, 0.25) is 0 Å². The summed E-state index contributed by atoms with van der Waals surface area (Å²) >= 11 is 7.13. The van der Waals surface area contributed by atoms with E-state index in [2.05, 4.69) is 0 Å². The van der Waals surface area contributed by atoms with Crippen LogP contribution in [0.5, 0.6) is 0 Å². The predicted octanol–water partition coefficient (Wildman–Crippen LogP) is 4.51. The van der Waals surface area contributed by atoms with Crippen molar-refractivity contribution in [2.24, 2.45) is 0 Å². The maximum atomic E-state index is 11.9. The minimum absolute atomic E-state index is 0.0763. The van der Waals surface area contributed by atoms with Crippen LogP contribution in [0.4, 0.5) is 5.69 Å². The molecule has 0 aliphatic rings. The Balaban J connectivity index is 2.21. The van der Waals surface area contributed by atoms with Gasteiger partial charge in [0.15, 0.2) is 5.78 Å². The number of nitro benzene ring substituents is 1. The van der Waals surface area contributed by atoms with Crippen LogP contribution < -0.4 is 0 Å². The fraction of sp³-hybridized carbons (Fsp3) is 0.0714. The van der Waals surface area contributed by atoms with Gasteiger partial charge in [-0.05, 0) is 36.8 Å². The topological polar surface area (TPSA) is 60.2 Å². The zero-order valence-corrected chi connectivity index (χ0v) is 12.1. The van der Waals surface area contributed by atoms with Crippen molar-refractivity contribution in [1.82, 2.24) is 0 Å².